The molecule has 2 fully saturated rings. The topological polar surface area (TPSA) is 165 Å². The van der Waals surface area contributed by atoms with E-state index in [4.69, 9.17) is 11.6 Å². The van der Waals surface area contributed by atoms with Crippen molar-refractivity contribution in [3.05, 3.63) is 12.2 Å². The van der Waals surface area contributed by atoms with Crippen LogP contribution in [0.3, 0.4) is 0 Å². The summed E-state index contributed by atoms with van der Waals surface area (Å²) in [6, 6.07) is 0.539. The lowest BCUT2D eigenvalue weighted by Crippen LogP contribution is -2.53. The SMILES string of the molecule is C.CC(C)[C@H](CN1CC[C@H](C2C=CC(Cl)CC2)C(C)(C)C1)NC[C@@H]1CCN(CC(C)(C)O)C1.O.O.O.O. The number of β-amino-alcohol motifs (C(OH)–C–C–N with tert-alkyl or cyclic N) is 1. The fraction of sp³-hybridized carbons (Fsp3) is 0.929. The Hall–Kier alpha value is -0.290. The highest BCUT2D eigenvalue weighted by Crippen LogP contribution is 2.43. The summed E-state index contributed by atoms with van der Waals surface area (Å²) in [5.41, 5.74) is -0.252. The lowest BCUT2D eigenvalue weighted by atomic mass is 9.65. The highest BCUT2D eigenvalue weighted by molar-refractivity contribution is 6.21. The zero-order chi connectivity index (χ0) is 23.5. The van der Waals surface area contributed by atoms with Gasteiger partial charge in [0.25, 0.3) is 0 Å². The van der Waals surface area contributed by atoms with E-state index in [0.29, 0.717) is 29.2 Å². The largest absolute Gasteiger partial charge is 0.412 e. The van der Waals surface area contributed by atoms with Crippen LogP contribution in [0.4, 0.5) is 0 Å². The quantitative estimate of drug-likeness (QED) is 0.328. The summed E-state index contributed by atoms with van der Waals surface area (Å²) in [6.45, 7) is 21.2. The molecule has 0 aromatic rings. The van der Waals surface area contributed by atoms with Gasteiger partial charge in [0.2, 0.25) is 0 Å². The van der Waals surface area contributed by atoms with Crippen molar-refractivity contribution in [2.45, 2.75) is 91.7 Å². The average Bonchev–Trinajstić information content (AvgIpc) is 3.10. The van der Waals surface area contributed by atoms with Crippen LogP contribution >= 0.6 is 11.6 Å². The lowest BCUT2D eigenvalue weighted by molar-refractivity contribution is 0.0217. The number of piperidine rings is 1. The average molecular weight is 556 g/mol. The van der Waals surface area contributed by atoms with Gasteiger partial charge in [0.1, 0.15) is 0 Å². The van der Waals surface area contributed by atoms with Gasteiger partial charge in [-0.05, 0) is 88.3 Å². The molecule has 10 N–H and O–H groups in total. The minimum atomic E-state index is -0.596. The Labute approximate surface area is 232 Å². The molecular weight excluding hydrogens is 494 g/mol. The third-order valence-electron chi connectivity index (χ3n) is 8.16. The van der Waals surface area contributed by atoms with E-state index in [1.807, 2.05) is 13.8 Å². The monoisotopic (exact) mass is 555 g/mol. The molecule has 37 heavy (non-hydrogen) atoms. The molecule has 5 atom stereocenters. The number of nitrogens with one attached hydrogen (secondary N) is 1. The van der Waals surface area contributed by atoms with E-state index in [0.717, 1.165) is 45.1 Å². The van der Waals surface area contributed by atoms with Crippen molar-refractivity contribution < 1.29 is 27.0 Å². The fourth-order valence-corrected chi connectivity index (χ4v) is 6.66. The van der Waals surface area contributed by atoms with E-state index >= 15 is 0 Å². The molecule has 0 aromatic heterocycles. The van der Waals surface area contributed by atoms with Crippen LogP contribution < -0.4 is 5.32 Å². The fourth-order valence-electron chi connectivity index (χ4n) is 6.45. The Morgan fingerprint density at radius 3 is 2.14 bits per heavy atom. The second kappa shape index (κ2) is 17.4. The molecule has 2 aliphatic heterocycles. The first-order valence-electron chi connectivity index (χ1n) is 13.2. The van der Waals surface area contributed by atoms with Gasteiger partial charge in [-0.25, -0.2) is 0 Å². The molecule has 0 amide bonds. The van der Waals surface area contributed by atoms with Crippen molar-refractivity contribution >= 4 is 11.6 Å². The normalized spacial score (nSPS) is 28.7. The molecule has 0 spiro atoms. The van der Waals surface area contributed by atoms with E-state index in [-0.39, 0.29) is 34.7 Å². The van der Waals surface area contributed by atoms with Gasteiger partial charge < -0.3 is 42.1 Å². The van der Waals surface area contributed by atoms with E-state index in [9.17, 15) is 5.11 Å². The van der Waals surface area contributed by atoms with Gasteiger partial charge in [0.15, 0.2) is 0 Å². The second-order valence-corrected chi connectivity index (χ2v) is 13.3. The highest BCUT2D eigenvalue weighted by atomic mass is 35.5. The summed E-state index contributed by atoms with van der Waals surface area (Å²) in [4.78, 5) is 5.15. The minimum absolute atomic E-state index is 0. The first-order valence-corrected chi connectivity index (χ1v) is 13.6. The number of alkyl halides is 1. The van der Waals surface area contributed by atoms with Crippen LogP contribution in [0, 0.1) is 29.1 Å². The predicted molar refractivity (Wildman–Crippen MR) is 158 cm³/mol. The molecule has 9 heteroatoms. The zero-order valence-corrected chi connectivity index (χ0v) is 24.4. The molecule has 2 unspecified atom stereocenters. The molecule has 8 nitrogen and oxygen atoms in total. The summed E-state index contributed by atoms with van der Waals surface area (Å²) < 4.78 is 0. The summed E-state index contributed by atoms with van der Waals surface area (Å²) in [5, 5.41) is 14.3. The summed E-state index contributed by atoms with van der Waals surface area (Å²) in [6.07, 6.45) is 9.58. The number of aliphatic hydroxyl groups is 1. The summed E-state index contributed by atoms with van der Waals surface area (Å²) in [7, 11) is 0. The molecule has 0 bridgehead atoms. The number of halogens is 1. The van der Waals surface area contributed by atoms with Gasteiger partial charge in [0.05, 0.1) is 11.0 Å². The van der Waals surface area contributed by atoms with Crippen molar-refractivity contribution in [1.82, 2.24) is 15.1 Å². The van der Waals surface area contributed by atoms with Crippen LogP contribution in [-0.2, 0) is 0 Å². The van der Waals surface area contributed by atoms with E-state index in [2.05, 4.69) is 55.0 Å². The predicted octanol–water partition coefficient (Wildman–Crippen LogP) is 1.95. The highest BCUT2D eigenvalue weighted by Gasteiger charge is 2.40. The molecule has 3 aliphatic rings. The van der Waals surface area contributed by atoms with Crippen molar-refractivity contribution in [2.24, 2.45) is 29.1 Å². The van der Waals surface area contributed by atoms with Gasteiger partial charge >= 0.3 is 0 Å². The van der Waals surface area contributed by atoms with Crippen LogP contribution in [-0.4, -0.2) is 99.6 Å². The smallest absolute Gasteiger partial charge is 0.0718 e. The Morgan fingerprint density at radius 1 is 1.00 bits per heavy atom. The second-order valence-electron chi connectivity index (χ2n) is 12.7. The zero-order valence-electron chi connectivity index (χ0n) is 23.6. The molecular formula is C28H62ClN3O5. The number of allylic oxidation sites excluding steroid dienone is 2. The van der Waals surface area contributed by atoms with E-state index < -0.39 is 5.60 Å². The van der Waals surface area contributed by atoms with Gasteiger partial charge in [-0.1, -0.05) is 47.3 Å². The molecule has 1 aliphatic carbocycles. The first-order chi connectivity index (χ1) is 14.9. The van der Waals surface area contributed by atoms with Crippen molar-refractivity contribution in [3.8, 4) is 0 Å². The Bertz CT molecular complexity index is 629. The van der Waals surface area contributed by atoms with Crippen LogP contribution in [0.25, 0.3) is 0 Å². The van der Waals surface area contributed by atoms with Crippen LogP contribution in [0.15, 0.2) is 12.2 Å². The number of likely N-dealkylation sites (tertiary alicyclic amines) is 2. The summed E-state index contributed by atoms with van der Waals surface area (Å²) in [5.74, 6) is 2.80. The Kier molecular flexibility index (Phi) is 19.4. The molecule has 0 saturated carbocycles. The molecule has 2 heterocycles. The number of rotatable bonds is 9. The van der Waals surface area contributed by atoms with Crippen molar-refractivity contribution in [3.63, 3.8) is 0 Å². The molecule has 0 aromatic carbocycles. The minimum Gasteiger partial charge on any atom is -0.412 e. The Balaban J connectivity index is -0.00000231. The van der Waals surface area contributed by atoms with Gasteiger partial charge in [-0.2, -0.15) is 0 Å². The van der Waals surface area contributed by atoms with Gasteiger partial charge in [-0.15, -0.1) is 11.6 Å². The lowest BCUT2D eigenvalue weighted by Gasteiger charge is -2.48. The van der Waals surface area contributed by atoms with Gasteiger partial charge in [-0.3, -0.25) is 0 Å². The van der Waals surface area contributed by atoms with Crippen molar-refractivity contribution in [1.29, 1.82) is 0 Å². The maximum absolute atomic E-state index is 10.1. The number of hydrogen-bond donors (Lipinski definition) is 2. The van der Waals surface area contributed by atoms with E-state index in [1.54, 1.807) is 0 Å². The number of hydrogen-bond acceptors (Lipinski definition) is 4. The van der Waals surface area contributed by atoms with Crippen molar-refractivity contribution in [2.75, 3.05) is 45.8 Å². The summed E-state index contributed by atoms with van der Waals surface area (Å²) >= 11 is 6.30. The third kappa shape index (κ3) is 12.6. The molecule has 3 rings (SSSR count). The van der Waals surface area contributed by atoms with Crippen LogP contribution in [0.2, 0.25) is 0 Å². The maximum Gasteiger partial charge on any atom is 0.0718 e. The standard InChI is InChI=1S/C27H50ClN3O.CH4.4H2O/c1-20(2)25(29-15-21-11-13-30(16-21)19-27(5,6)32)17-31-14-12-24(26(3,4)18-31)22-7-9-23(28)10-8-22;;;;;/h7,9,20-25,29,32H,8,10-19H2,1-6H3;1H4;4*1H2/t21-,22?,23?,24+,25-;;;;;/m0...../s1. The molecule has 0 radical (unpaired) electrons. The first kappa shape index (κ1) is 41.2. The Morgan fingerprint density at radius 2 is 1.62 bits per heavy atom. The van der Waals surface area contributed by atoms with Crippen LogP contribution in [0.1, 0.15) is 74.7 Å². The number of nitrogens with zero attached hydrogens (tertiary/aromatic N) is 2. The van der Waals surface area contributed by atoms with Gasteiger partial charge in [0, 0.05) is 32.2 Å². The van der Waals surface area contributed by atoms with Crippen LogP contribution in [0.5, 0.6) is 0 Å². The molecule has 226 valence electrons. The molecule has 2 saturated heterocycles. The third-order valence-corrected chi connectivity index (χ3v) is 8.52. The van der Waals surface area contributed by atoms with E-state index in [1.165, 1.54) is 32.4 Å². The maximum atomic E-state index is 10.1.